The third kappa shape index (κ3) is 9.48. The first-order valence-electron chi connectivity index (χ1n) is 9.99. The van der Waals surface area contributed by atoms with Crippen LogP contribution in [0.1, 0.15) is 50.2 Å². The Bertz CT molecular complexity index is 509. The normalized spacial score (nSPS) is 11.2. The molecule has 2 aromatic rings. The molecular weight excluding hydrogens is 339 g/mol. The minimum Gasteiger partial charge on any atom is -0.334 e. The number of rotatable bonds is 14. The fourth-order valence-corrected chi connectivity index (χ4v) is 4.20. The van der Waals surface area contributed by atoms with Gasteiger partial charge in [-0.1, -0.05) is 67.6 Å². The van der Waals surface area contributed by atoms with Crippen LogP contribution in [-0.2, 0) is 21.9 Å². The van der Waals surface area contributed by atoms with Crippen molar-refractivity contribution in [2.45, 2.75) is 51.9 Å². The summed E-state index contributed by atoms with van der Waals surface area (Å²) < 4.78 is 12.1. The molecule has 0 saturated carbocycles. The van der Waals surface area contributed by atoms with Crippen LogP contribution in [0.15, 0.2) is 60.7 Å². The third-order valence-electron chi connectivity index (χ3n) is 4.28. The SMILES string of the molecule is CCCP(OCCCCc1ccccc1)OCCCCc1ccccc1. The highest BCUT2D eigenvalue weighted by atomic mass is 31.2. The Hall–Kier alpha value is -1.21. The summed E-state index contributed by atoms with van der Waals surface area (Å²) in [5.74, 6) is 0. The van der Waals surface area contributed by atoms with Crippen LogP contribution in [0.25, 0.3) is 0 Å². The Balaban J connectivity index is 1.51. The van der Waals surface area contributed by atoms with Crippen LogP contribution in [0.5, 0.6) is 0 Å². The molecule has 0 saturated heterocycles. The van der Waals surface area contributed by atoms with E-state index in [0.29, 0.717) is 0 Å². The van der Waals surface area contributed by atoms with Gasteiger partial charge in [-0.2, -0.15) is 0 Å². The van der Waals surface area contributed by atoms with Gasteiger partial charge in [-0.25, -0.2) is 0 Å². The quantitative estimate of drug-likeness (QED) is 0.268. The number of hydrogen-bond acceptors (Lipinski definition) is 2. The van der Waals surface area contributed by atoms with Gasteiger partial charge in [0, 0.05) is 6.16 Å². The predicted molar refractivity (Wildman–Crippen MR) is 113 cm³/mol. The number of aryl methyl sites for hydroxylation is 2. The molecule has 2 rings (SSSR count). The summed E-state index contributed by atoms with van der Waals surface area (Å²) in [4.78, 5) is 0. The zero-order valence-corrected chi connectivity index (χ0v) is 17.0. The molecule has 142 valence electrons. The molecule has 0 aliphatic heterocycles. The average Bonchev–Trinajstić information content (AvgIpc) is 2.69. The van der Waals surface area contributed by atoms with Crippen LogP contribution < -0.4 is 0 Å². The lowest BCUT2D eigenvalue weighted by atomic mass is 10.1. The average molecular weight is 372 g/mol. The lowest BCUT2D eigenvalue weighted by Crippen LogP contribution is -1.99. The molecule has 0 bridgehead atoms. The number of hydrogen-bond donors (Lipinski definition) is 0. The first-order chi connectivity index (χ1) is 12.9. The van der Waals surface area contributed by atoms with E-state index in [4.69, 9.17) is 9.05 Å². The molecule has 0 unspecified atom stereocenters. The van der Waals surface area contributed by atoms with Gasteiger partial charge in [0.2, 0.25) is 0 Å². The lowest BCUT2D eigenvalue weighted by Gasteiger charge is -2.17. The highest BCUT2D eigenvalue weighted by molar-refractivity contribution is 7.47. The van der Waals surface area contributed by atoms with E-state index >= 15 is 0 Å². The smallest absolute Gasteiger partial charge is 0.170 e. The van der Waals surface area contributed by atoms with Crippen molar-refractivity contribution in [2.75, 3.05) is 19.4 Å². The predicted octanol–water partition coefficient (Wildman–Crippen LogP) is 6.79. The van der Waals surface area contributed by atoms with E-state index in [2.05, 4.69) is 67.6 Å². The van der Waals surface area contributed by atoms with E-state index in [1.165, 1.54) is 24.0 Å². The molecule has 0 aromatic heterocycles. The Morgan fingerprint density at radius 2 is 1.12 bits per heavy atom. The minimum atomic E-state index is -0.702. The number of unbranched alkanes of at least 4 members (excludes halogenated alkanes) is 2. The molecule has 0 heterocycles. The second-order valence-electron chi connectivity index (χ2n) is 6.61. The van der Waals surface area contributed by atoms with Gasteiger partial charge >= 0.3 is 0 Å². The van der Waals surface area contributed by atoms with Gasteiger partial charge in [-0.15, -0.1) is 0 Å². The van der Waals surface area contributed by atoms with Crippen molar-refractivity contribution in [3.63, 3.8) is 0 Å². The molecule has 0 spiro atoms. The maximum absolute atomic E-state index is 6.03. The Kier molecular flexibility index (Phi) is 11.3. The van der Waals surface area contributed by atoms with Crippen LogP contribution in [0.3, 0.4) is 0 Å². The Morgan fingerprint density at radius 1 is 0.654 bits per heavy atom. The van der Waals surface area contributed by atoms with E-state index in [0.717, 1.165) is 51.5 Å². The van der Waals surface area contributed by atoms with Gasteiger partial charge in [0.05, 0.1) is 13.2 Å². The van der Waals surface area contributed by atoms with Gasteiger partial charge in [0.1, 0.15) is 0 Å². The van der Waals surface area contributed by atoms with E-state index in [1.807, 2.05) is 0 Å². The van der Waals surface area contributed by atoms with E-state index in [9.17, 15) is 0 Å². The summed E-state index contributed by atoms with van der Waals surface area (Å²) >= 11 is 0. The van der Waals surface area contributed by atoms with Crippen LogP contribution in [-0.4, -0.2) is 19.4 Å². The topological polar surface area (TPSA) is 18.5 Å². The molecule has 0 amide bonds. The lowest BCUT2D eigenvalue weighted by molar-refractivity contribution is 0.241. The van der Waals surface area contributed by atoms with Crippen molar-refractivity contribution >= 4 is 8.38 Å². The first kappa shape index (κ1) is 21.1. The largest absolute Gasteiger partial charge is 0.334 e. The van der Waals surface area contributed by atoms with Gasteiger partial charge in [0.25, 0.3) is 0 Å². The number of benzene rings is 2. The van der Waals surface area contributed by atoms with Crippen LogP contribution in [0, 0.1) is 0 Å². The summed E-state index contributed by atoms with van der Waals surface area (Å²) in [5.41, 5.74) is 2.83. The Labute approximate surface area is 160 Å². The summed E-state index contributed by atoms with van der Waals surface area (Å²) in [6.07, 6.45) is 9.01. The fraction of sp³-hybridized carbons (Fsp3) is 0.478. The van der Waals surface area contributed by atoms with Crippen LogP contribution in [0.4, 0.5) is 0 Å². The summed E-state index contributed by atoms with van der Waals surface area (Å²) in [6.45, 7) is 3.85. The molecular formula is C23H33O2P. The van der Waals surface area contributed by atoms with Crippen molar-refractivity contribution in [2.24, 2.45) is 0 Å². The van der Waals surface area contributed by atoms with Gasteiger partial charge in [0.15, 0.2) is 8.38 Å². The molecule has 0 atom stereocenters. The first-order valence-corrected chi connectivity index (χ1v) is 11.4. The van der Waals surface area contributed by atoms with Gasteiger partial charge in [-0.05, 0) is 56.1 Å². The van der Waals surface area contributed by atoms with Crippen LogP contribution >= 0.6 is 8.38 Å². The standard InChI is InChI=1S/C23H33O2P/c1-2-21-26(24-19-11-9-17-22-13-5-3-6-14-22)25-20-12-10-18-23-15-7-4-8-16-23/h3-8,13-16H,2,9-12,17-21H2,1H3. The fourth-order valence-electron chi connectivity index (χ4n) is 2.83. The highest BCUT2D eigenvalue weighted by Gasteiger charge is 2.09. The maximum atomic E-state index is 6.03. The molecule has 2 aromatic carbocycles. The van der Waals surface area contributed by atoms with E-state index < -0.39 is 8.38 Å². The van der Waals surface area contributed by atoms with Crippen molar-refractivity contribution in [1.29, 1.82) is 0 Å². The second kappa shape index (κ2) is 13.9. The zero-order valence-electron chi connectivity index (χ0n) is 16.1. The molecule has 3 heteroatoms. The molecule has 26 heavy (non-hydrogen) atoms. The summed E-state index contributed by atoms with van der Waals surface area (Å²) in [7, 11) is -0.702. The monoisotopic (exact) mass is 372 g/mol. The molecule has 0 fully saturated rings. The minimum absolute atomic E-state index is 0.702. The van der Waals surface area contributed by atoms with Gasteiger partial charge < -0.3 is 9.05 Å². The second-order valence-corrected chi connectivity index (χ2v) is 8.24. The molecule has 0 aliphatic rings. The summed E-state index contributed by atoms with van der Waals surface area (Å²) in [6, 6.07) is 21.4. The maximum Gasteiger partial charge on any atom is 0.170 e. The van der Waals surface area contributed by atoms with Crippen molar-refractivity contribution in [1.82, 2.24) is 0 Å². The Morgan fingerprint density at radius 3 is 1.54 bits per heavy atom. The van der Waals surface area contributed by atoms with Crippen molar-refractivity contribution < 1.29 is 9.05 Å². The molecule has 2 nitrogen and oxygen atoms in total. The molecule has 0 radical (unpaired) electrons. The highest BCUT2D eigenvalue weighted by Crippen LogP contribution is 2.39. The summed E-state index contributed by atoms with van der Waals surface area (Å²) in [5, 5.41) is 0. The third-order valence-corrected chi connectivity index (χ3v) is 6.04. The van der Waals surface area contributed by atoms with Crippen molar-refractivity contribution in [3.8, 4) is 0 Å². The van der Waals surface area contributed by atoms with E-state index in [1.54, 1.807) is 0 Å². The molecule has 0 N–H and O–H groups in total. The van der Waals surface area contributed by atoms with E-state index in [-0.39, 0.29) is 0 Å². The van der Waals surface area contributed by atoms with Crippen molar-refractivity contribution in [3.05, 3.63) is 71.8 Å². The zero-order chi connectivity index (χ0) is 18.3. The molecule has 0 aliphatic carbocycles. The van der Waals surface area contributed by atoms with Gasteiger partial charge in [-0.3, -0.25) is 0 Å². The van der Waals surface area contributed by atoms with Crippen LogP contribution in [0.2, 0.25) is 0 Å².